The van der Waals surface area contributed by atoms with Gasteiger partial charge >= 0.3 is 0 Å². The number of thiazole rings is 1. The number of hydrogen-bond acceptors (Lipinski definition) is 3. The highest BCUT2D eigenvalue weighted by atomic mass is 32.1. The molecule has 0 aliphatic rings. The predicted molar refractivity (Wildman–Crippen MR) is 83.4 cm³/mol. The van der Waals surface area contributed by atoms with Crippen molar-refractivity contribution in [2.24, 2.45) is 0 Å². The van der Waals surface area contributed by atoms with Crippen molar-refractivity contribution in [2.75, 3.05) is 5.32 Å². The summed E-state index contributed by atoms with van der Waals surface area (Å²) in [6.45, 7) is 3.91. The minimum atomic E-state index is -0.791. The van der Waals surface area contributed by atoms with Gasteiger partial charge in [-0.2, -0.15) is 0 Å². The van der Waals surface area contributed by atoms with Crippen molar-refractivity contribution in [3.63, 3.8) is 0 Å². The summed E-state index contributed by atoms with van der Waals surface area (Å²) in [6, 6.07) is 6.65. The van der Waals surface area contributed by atoms with Crippen LogP contribution in [0.2, 0.25) is 0 Å². The van der Waals surface area contributed by atoms with E-state index >= 15 is 0 Å². The molecule has 3 aromatic rings. The Kier molecular flexibility index (Phi) is 3.62. The summed E-state index contributed by atoms with van der Waals surface area (Å²) < 4.78 is 27.3. The molecule has 0 saturated heterocycles. The molecule has 0 atom stereocenters. The molecule has 2 aromatic carbocycles. The Labute approximate surface area is 129 Å². The maximum Gasteiger partial charge on any atom is 0.257 e. The van der Waals surface area contributed by atoms with E-state index in [0.29, 0.717) is 5.13 Å². The summed E-state index contributed by atoms with van der Waals surface area (Å²) in [5.74, 6) is -2.17. The van der Waals surface area contributed by atoms with Crippen LogP contribution in [0.5, 0.6) is 0 Å². The molecule has 0 aliphatic heterocycles. The molecule has 0 aliphatic carbocycles. The van der Waals surface area contributed by atoms with Gasteiger partial charge in [0.15, 0.2) is 5.13 Å². The average molecular weight is 318 g/mol. The maximum absolute atomic E-state index is 13.2. The first kappa shape index (κ1) is 14.6. The smallest absolute Gasteiger partial charge is 0.257 e. The highest BCUT2D eigenvalue weighted by molar-refractivity contribution is 7.22. The molecular formula is C16H12F2N2OS. The molecule has 0 saturated carbocycles. The van der Waals surface area contributed by atoms with E-state index in [1.807, 2.05) is 26.0 Å². The van der Waals surface area contributed by atoms with Crippen LogP contribution in [0.15, 0.2) is 30.3 Å². The van der Waals surface area contributed by atoms with Gasteiger partial charge in [-0.15, -0.1) is 0 Å². The van der Waals surface area contributed by atoms with E-state index in [0.717, 1.165) is 39.5 Å². The van der Waals surface area contributed by atoms with E-state index in [4.69, 9.17) is 0 Å². The molecule has 6 heteroatoms. The normalized spacial score (nSPS) is 10.9. The monoisotopic (exact) mass is 318 g/mol. The number of nitrogens with one attached hydrogen (secondary N) is 1. The lowest BCUT2D eigenvalue weighted by Crippen LogP contribution is -2.12. The van der Waals surface area contributed by atoms with Crippen LogP contribution < -0.4 is 5.32 Å². The molecule has 0 fully saturated rings. The third kappa shape index (κ3) is 2.69. The molecule has 112 valence electrons. The summed E-state index contributed by atoms with van der Waals surface area (Å²) in [5.41, 5.74) is 2.82. The molecule has 1 heterocycles. The number of anilines is 1. The van der Waals surface area contributed by atoms with Gasteiger partial charge in [-0.3, -0.25) is 10.1 Å². The Hall–Kier alpha value is -2.34. The molecule has 3 nitrogen and oxygen atoms in total. The first-order valence-corrected chi connectivity index (χ1v) is 7.40. The van der Waals surface area contributed by atoms with E-state index < -0.39 is 17.5 Å². The number of amides is 1. The van der Waals surface area contributed by atoms with E-state index in [-0.39, 0.29) is 5.56 Å². The molecular weight excluding hydrogens is 306 g/mol. The lowest BCUT2D eigenvalue weighted by Gasteiger charge is -2.02. The van der Waals surface area contributed by atoms with Gasteiger partial charge in [0, 0.05) is 11.6 Å². The molecule has 1 amide bonds. The van der Waals surface area contributed by atoms with Crippen molar-refractivity contribution < 1.29 is 13.6 Å². The number of hydrogen-bond donors (Lipinski definition) is 1. The Morgan fingerprint density at radius 2 is 1.73 bits per heavy atom. The van der Waals surface area contributed by atoms with Crippen LogP contribution in [0.1, 0.15) is 21.5 Å². The Balaban J connectivity index is 1.94. The van der Waals surface area contributed by atoms with Crippen LogP contribution in [-0.4, -0.2) is 10.9 Å². The Morgan fingerprint density at radius 3 is 2.36 bits per heavy atom. The lowest BCUT2D eigenvalue weighted by atomic mass is 10.1. The van der Waals surface area contributed by atoms with Crippen LogP contribution >= 0.6 is 11.3 Å². The second-order valence-electron chi connectivity index (χ2n) is 5.01. The van der Waals surface area contributed by atoms with Crippen LogP contribution in [0.3, 0.4) is 0 Å². The summed E-state index contributed by atoms with van der Waals surface area (Å²) in [4.78, 5) is 16.5. The van der Waals surface area contributed by atoms with E-state index in [1.54, 1.807) is 0 Å². The summed E-state index contributed by atoms with van der Waals surface area (Å²) >= 11 is 1.34. The van der Waals surface area contributed by atoms with E-state index in [9.17, 15) is 13.6 Å². The van der Waals surface area contributed by atoms with Gasteiger partial charge in [-0.05, 0) is 37.1 Å². The first-order valence-electron chi connectivity index (χ1n) is 6.58. The first-order chi connectivity index (χ1) is 10.4. The highest BCUT2D eigenvalue weighted by Gasteiger charge is 2.13. The summed E-state index contributed by atoms with van der Waals surface area (Å²) in [6.07, 6.45) is 0. The lowest BCUT2D eigenvalue weighted by molar-refractivity contribution is 0.102. The van der Waals surface area contributed by atoms with E-state index in [2.05, 4.69) is 10.3 Å². The van der Waals surface area contributed by atoms with Crippen molar-refractivity contribution in [2.45, 2.75) is 13.8 Å². The molecule has 22 heavy (non-hydrogen) atoms. The third-order valence-electron chi connectivity index (χ3n) is 3.29. The van der Waals surface area contributed by atoms with Crippen molar-refractivity contribution in [1.82, 2.24) is 4.98 Å². The quantitative estimate of drug-likeness (QED) is 0.759. The summed E-state index contributed by atoms with van der Waals surface area (Å²) in [7, 11) is 0. The maximum atomic E-state index is 13.2. The Bertz CT molecular complexity index is 830. The van der Waals surface area contributed by atoms with Crippen molar-refractivity contribution in [1.29, 1.82) is 0 Å². The number of benzene rings is 2. The SMILES string of the molecule is Cc1ccc(C)c2sc(NC(=O)c3cc(F)cc(F)c3)nc12. The largest absolute Gasteiger partial charge is 0.298 e. The molecule has 0 spiro atoms. The second kappa shape index (κ2) is 5.46. The van der Waals surface area contributed by atoms with Gasteiger partial charge in [0.2, 0.25) is 0 Å². The highest BCUT2D eigenvalue weighted by Crippen LogP contribution is 2.31. The third-order valence-corrected chi connectivity index (χ3v) is 4.39. The van der Waals surface area contributed by atoms with Gasteiger partial charge in [-0.25, -0.2) is 13.8 Å². The van der Waals surface area contributed by atoms with Crippen molar-refractivity contribution in [3.05, 3.63) is 58.7 Å². The summed E-state index contributed by atoms with van der Waals surface area (Å²) in [5, 5.41) is 3.00. The van der Waals surface area contributed by atoms with Gasteiger partial charge in [-0.1, -0.05) is 23.5 Å². The Morgan fingerprint density at radius 1 is 1.09 bits per heavy atom. The number of fused-ring (bicyclic) bond motifs is 1. The molecule has 0 radical (unpaired) electrons. The topological polar surface area (TPSA) is 42.0 Å². The van der Waals surface area contributed by atoms with Gasteiger partial charge in [0.1, 0.15) is 11.6 Å². The molecule has 3 rings (SSSR count). The van der Waals surface area contributed by atoms with Crippen molar-refractivity contribution in [3.8, 4) is 0 Å². The van der Waals surface area contributed by atoms with Crippen molar-refractivity contribution >= 4 is 32.6 Å². The number of aryl methyl sites for hydroxylation is 2. The zero-order valence-corrected chi connectivity index (χ0v) is 12.7. The van der Waals surface area contributed by atoms with Gasteiger partial charge < -0.3 is 0 Å². The number of halogens is 2. The number of nitrogens with zero attached hydrogens (tertiary/aromatic N) is 1. The number of rotatable bonds is 2. The average Bonchev–Trinajstić information content (AvgIpc) is 2.87. The number of carbonyl (C=O) groups excluding carboxylic acids is 1. The molecule has 1 N–H and O–H groups in total. The van der Waals surface area contributed by atoms with Crippen LogP contribution in [-0.2, 0) is 0 Å². The minimum Gasteiger partial charge on any atom is -0.298 e. The molecule has 1 aromatic heterocycles. The van der Waals surface area contributed by atoms with Crippen LogP contribution in [0.25, 0.3) is 10.2 Å². The fraction of sp³-hybridized carbons (Fsp3) is 0.125. The number of carbonyl (C=O) groups is 1. The van der Waals surface area contributed by atoms with Crippen LogP contribution in [0, 0.1) is 25.5 Å². The second-order valence-corrected chi connectivity index (χ2v) is 6.01. The minimum absolute atomic E-state index is 0.0785. The fourth-order valence-corrected chi connectivity index (χ4v) is 3.17. The standard InChI is InChI=1S/C16H12F2N2OS/c1-8-3-4-9(2)14-13(8)19-16(22-14)20-15(21)10-5-11(17)7-12(18)6-10/h3-7H,1-2H3,(H,19,20,21). The zero-order chi connectivity index (χ0) is 15.9. The van der Waals surface area contributed by atoms with E-state index in [1.165, 1.54) is 11.3 Å². The van der Waals surface area contributed by atoms with Gasteiger partial charge in [0.05, 0.1) is 10.2 Å². The zero-order valence-electron chi connectivity index (χ0n) is 11.9. The van der Waals surface area contributed by atoms with Gasteiger partial charge in [0.25, 0.3) is 5.91 Å². The molecule has 0 bridgehead atoms. The molecule has 0 unspecified atom stereocenters. The fourth-order valence-electron chi connectivity index (χ4n) is 2.17. The number of aromatic nitrogens is 1. The predicted octanol–water partition coefficient (Wildman–Crippen LogP) is 4.44. The van der Waals surface area contributed by atoms with Crippen LogP contribution in [0.4, 0.5) is 13.9 Å².